The molecule has 20 heavy (non-hydrogen) atoms. The molecule has 0 saturated heterocycles. The van der Waals surface area contributed by atoms with Crippen molar-refractivity contribution in [1.29, 1.82) is 0 Å². The molecule has 1 aliphatic rings. The van der Waals surface area contributed by atoms with E-state index in [9.17, 15) is 9.59 Å². The minimum absolute atomic E-state index is 0.0245. The number of carbonyl (C=O) groups excluding carboxylic acids is 2. The number of hydrogen-bond donors (Lipinski definition) is 0. The van der Waals surface area contributed by atoms with E-state index in [1.165, 1.54) is 0 Å². The Morgan fingerprint density at radius 1 is 1.40 bits per heavy atom. The molecular weight excluding hydrogens is 272 g/mol. The van der Waals surface area contributed by atoms with Crippen LogP contribution < -0.4 is 4.90 Å². The van der Waals surface area contributed by atoms with Crippen LogP contribution in [0.1, 0.15) is 24.2 Å². The summed E-state index contributed by atoms with van der Waals surface area (Å²) in [5.74, 6) is 0.140. The number of anilines is 1. The van der Waals surface area contributed by atoms with Crippen LogP contribution in [0.2, 0.25) is 0 Å². The fourth-order valence-corrected chi connectivity index (χ4v) is 3.20. The maximum absolute atomic E-state index is 12.4. The number of Topliss-reactive ketones (excluding diaryl/α,β-unsaturated/α-hetero) is 1. The lowest BCUT2D eigenvalue weighted by molar-refractivity contribution is -0.118. The smallest absolute Gasteiger partial charge is 0.240 e. The van der Waals surface area contributed by atoms with Crippen LogP contribution in [0.15, 0.2) is 23.1 Å². The van der Waals surface area contributed by atoms with E-state index in [4.69, 9.17) is 0 Å². The van der Waals surface area contributed by atoms with E-state index in [1.54, 1.807) is 18.7 Å². The van der Waals surface area contributed by atoms with Crippen LogP contribution in [0.5, 0.6) is 0 Å². The third kappa shape index (κ3) is 3.04. The number of likely N-dealkylation sites (N-methyl/N-ethyl adjacent to an activating group) is 1. The molecule has 1 atom stereocenters. The maximum Gasteiger partial charge on any atom is 0.240 e. The monoisotopic (exact) mass is 292 g/mol. The highest BCUT2D eigenvalue weighted by molar-refractivity contribution is 8.00. The first-order chi connectivity index (χ1) is 9.40. The molecule has 0 N–H and O–H groups in total. The van der Waals surface area contributed by atoms with Gasteiger partial charge in [0.1, 0.15) is 0 Å². The zero-order valence-corrected chi connectivity index (χ0v) is 13.2. The van der Waals surface area contributed by atoms with Crippen molar-refractivity contribution in [1.82, 2.24) is 4.90 Å². The number of benzene rings is 1. The van der Waals surface area contributed by atoms with Crippen molar-refractivity contribution in [2.75, 3.05) is 32.1 Å². The average Bonchev–Trinajstić information content (AvgIpc) is 2.38. The lowest BCUT2D eigenvalue weighted by Gasteiger charge is -2.33. The van der Waals surface area contributed by atoms with Crippen molar-refractivity contribution >= 4 is 29.1 Å². The first-order valence-corrected chi connectivity index (χ1v) is 7.56. The lowest BCUT2D eigenvalue weighted by atomic mass is 10.1. The van der Waals surface area contributed by atoms with Crippen LogP contribution in [0.4, 0.5) is 5.69 Å². The van der Waals surface area contributed by atoms with Crippen LogP contribution in [0.3, 0.4) is 0 Å². The molecule has 1 aromatic rings. The van der Waals surface area contributed by atoms with Crippen LogP contribution in [-0.2, 0) is 4.79 Å². The quantitative estimate of drug-likeness (QED) is 0.798. The number of fused-ring (bicyclic) bond motifs is 1. The van der Waals surface area contributed by atoms with Crippen molar-refractivity contribution in [3.8, 4) is 0 Å². The normalized spacial score (nSPS) is 18.4. The molecule has 0 fully saturated rings. The van der Waals surface area contributed by atoms with Gasteiger partial charge in [-0.15, -0.1) is 11.8 Å². The molecule has 0 bridgehead atoms. The summed E-state index contributed by atoms with van der Waals surface area (Å²) in [6.45, 7) is 4.92. The third-order valence-corrected chi connectivity index (χ3v) is 4.50. The number of ketones is 1. The van der Waals surface area contributed by atoms with Gasteiger partial charge in [-0.1, -0.05) is 6.07 Å². The molecule has 1 unspecified atom stereocenters. The van der Waals surface area contributed by atoms with Crippen LogP contribution in [0.25, 0.3) is 0 Å². The second kappa shape index (κ2) is 5.97. The molecule has 108 valence electrons. The Labute approximate surface area is 124 Å². The molecule has 4 nitrogen and oxygen atoms in total. The summed E-state index contributed by atoms with van der Waals surface area (Å²) >= 11 is 1.56. The van der Waals surface area contributed by atoms with Gasteiger partial charge in [-0.05, 0) is 40.1 Å². The molecule has 0 saturated carbocycles. The Bertz CT molecular complexity index is 543. The van der Waals surface area contributed by atoms with Gasteiger partial charge in [0.15, 0.2) is 5.78 Å². The van der Waals surface area contributed by atoms with E-state index in [1.807, 2.05) is 49.0 Å². The average molecular weight is 292 g/mol. The van der Waals surface area contributed by atoms with Gasteiger partial charge in [0, 0.05) is 23.5 Å². The number of hydrogen-bond acceptors (Lipinski definition) is 4. The zero-order valence-electron chi connectivity index (χ0n) is 12.3. The topological polar surface area (TPSA) is 40.6 Å². The molecule has 0 spiro atoms. The Kier molecular flexibility index (Phi) is 4.50. The second-order valence-corrected chi connectivity index (χ2v) is 6.67. The molecule has 5 heteroatoms. The van der Waals surface area contributed by atoms with Gasteiger partial charge in [0.25, 0.3) is 0 Å². The highest BCUT2D eigenvalue weighted by Gasteiger charge is 2.30. The van der Waals surface area contributed by atoms with Gasteiger partial charge in [-0.3, -0.25) is 9.59 Å². The molecule has 1 aromatic carbocycles. The molecule has 0 aromatic heterocycles. The van der Waals surface area contributed by atoms with Crippen molar-refractivity contribution in [3.05, 3.63) is 23.8 Å². The molecular formula is C15H20N2O2S. The number of carbonyl (C=O) groups is 2. The van der Waals surface area contributed by atoms with Gasteiger partial charge >= 0.3 is 0 Å². The van der Waals surface area contributed by atoms with Crippen molar-refractivity contribution in [2.45, 2.75) is 24.0 Å². The second-order valence-electron chi connectivity index (χ2n) is 5.29. The summed E-state index contributed by atoms with van der Waals surface area (Å²) in [5.41, 5.74) is 1.52. The fourth-order valence-electron chi connectivity index (χ4n) is 2.16. The van der Waals surface area contributed by atoms with Crippen LogP contribution in [0, 0.1) is 0 Å². The summed E-state index contributed by atoms with van der Waals surface area (Å²) in [6, 6.07) is 5.62. The van der Waals surface area contributed by atoms with Gasteiger partial charge in [-0.2, -0.15) is 0 Å². The van der Waals surface area contributed by atoms with Gasteiger partial charge in [0.05, 0.1) is 10.9 Å². The van der Waals surface area contributed by atoms with Crippen molar-refractivity contribution < 1.29 is 9.59 Å². The largest absolute Gasteiger partial charge is 0.309 e. The number of thioether (sulfide) groups is 1. The molecule has 1 amide bonds. The summed E-state index contributed by atoms with van der Waals surface area (Å²) in [5, 5.41) is -0.0761. The van der Waals surface area contributed by atoms with E-state index in [-0.39, 0.29) is 16.9 Å². The summed E-state index contributed by atoms with van der Waals surface area (Å²) in [4.78, 5) is 28.8. The Morgan fingerprint density at radius 3 is 2.70 bits per heavy atom. The van der Waals surface area contributed by atoms with E-state index < -0.39 is 0 Å². The SMILES string of the molecule is CC(=O)c1ccc2c(c1)N(CCN(C)C)C(=O)C(C)S2. The number of rotatable bonds is 4. The Morgan fingerprint density at radius 2 is 2.10 bits per heavy atom. The summed E-state index contributed by atoms with van der Waals surface area (Å²) in [7, 11) is 3.97. The molecule has 2 rings (SSSR count). The zero-order chi connectivity index (χ0) is 14.9. The standard InChI is InChI=1S/C15H20N2O2S/c1-10(18)12-5-6-14-13(9-12)17(8-7-16(3)4)15(19)11(2)20-14/h5-6,9,11H,7-8H2,1-4H3. The first-order valence-electron chi connectivity index (χ1n) is 6.68. The lowest BCUT2D eigenvalue weighted by Crippen LogP contribution is -2.43. The highest BCUT2D eigenvalue weighted by atomic mass is 32.2. The van der Waals surface area contributed by atoms with Crippen LogP contribution >= 0.6 is 11.8 Å². The van der Waals surface area contributed by atoms with E-state index >= 15 is 0 Å². The van der Waals surface area contributed by atoms with E-state index in [0.29, 0.717) is 12.1 Å². The molecule has 1 aliphatic heterocycles. The van der Waals surface area contributed by atoms with E-state index in [0.717, 1.165) is 17.1 Å². The van der Waals surface area contributed by atoms with Gasteiger partial charge in [0.2, 0.25) is 5.91 Å². The van der Waals surface area contributed by atoms with Gasteiger partial charge < -0.3 is 9.80 Å². The minimum atomic E-state index is -0.0761. The van der Waals surface area contributed by atoms with Crippen molar-refractivity contribution in [3.63, 3.8) is 0 Å². The molecule has 1 heterocycles. The van der Waals surface area contributed by atoms with E-state index in [2.05, 4.69) is 0 Å². The van der Waals surface area contributed by atoms with Crippen LogP contribution in [-0.4, -0.2) is 49.0 Å². The fraction of sp³-hybridized carbons (Fsp3) is 0.467. The third-order valence-electron chi connectivity index (χ3n) is 3.34. The predicted octanol–water partition coefficient (Wildman–Crippen LogP) is 2.28. The summed E-state index contributed by atoms with van der Waals surface area (Å²) < 4.78 is 0. The van der Waals surface area contributed by atoms with Crippen molar-refractivity contribution in [2.24, 2.45) is 0 Å². The molecule has 0 radical (unpaired) electrons. The number of nitrogens with zero attached hydrogens (tertiary/aromatic N) is 2. The predicted molar refractivity (Wildman–Crippen MR) is 82.7 cm³/mol. The minimum Gasteiger partial charge on any atom is -0.309 e. The Balaban J connectivity index is 2.38. The number of amides is 1. The molecule has 0 aliphatic carbocycles. The Hall–Kier alpha value is -1.33. The summed E-state index contributed by atoms with van der Waals surface area (Å²) in [6.07, 6.45) is 0. The maximum atomic E-state index is 12.4. The first kappa shape index (κ1) is 15.1. The van der Waals surface area contributed by atoms with Gasteiger partial charge in [-0.25, -0.2) is 0 Å². The highest BCUT2D eigenvalue weighted by Crippen LogP contribution is 2.39.